The van der Waals surface area contributed by atoms with Crippen LogP contribution in [-0.4, -0.2) is 77.1 Å². The van der Waals surface area contributed by atoms with E-state index in [1.165, 1.54) is 11.8 Å². The van der Waals surface area contributed by atoms with Gasteiger partial charge in [0.2, 0.25) is 0 Å². The molecule has 2 fully saturated rings. The zero-order chi connectivity index (χ0) is 29.6. The molecule has 0 saturated carbocycles. The molecule has 1 amide bonds. The van der Waals surface area contributed by atoms with Crippen LogP contribution < -0.4 is 4.74 Å². The molecule has 218 valence electrons. The van der Waals surface area contributed by atoms with Crippen LogP contribution in [0.1, 0.15) is 21.5 Å². The fraction of sp³-hybridized carbons (Fsp3) is 0.258. The number of carbonyl (C=O) groups excluding carboxylic acids is 1. The molecular formula is C31H28Cl2N2O5S2. The second-order valence-corrected chi connectivity index (χ2v) is 12.4. The van der Waals surface area contributed by atoms with Gasteiger partial charge in [0.1, 0.15) is 16.7 Å². The first-order valence-corrected chi connectivity index (χ1v) is 15.4. The molecule has 1 N–H and O–H groups in total. The highest BCUT2D eigenvalue weighted by Gasteiger charge is 2.31. The van der Waals surface area contributed by atoms with Gasteiger partial charge in [-0.05, 0) is 71.7 Å². The van der Waals surface area contributed by atoms with Gasteiger partial charge in [0.05, 0.1) is 23.7 Å². The van der Waals surface area contributed by atoms with E-state index in [0.717, 1.165) is 55.1 Å². The lowest BCUT2D eigenvalue weighted by Gasteiger charge is -2.26. The third-order valence-electron chi connectivity index (χ3n) is 6.94. The zero-order valence-electron chi connectivity index (χ0n) is 22.6. The molecule has 11 heteroatoms. The van der Waals surface area contributed by atoms with E-state index in [4.69, 9.17) is 50.0 Å². The Morgan fingerprint density at radius 3 is 2.43 bits per heavy atom. The topological polar surface area (TPSA) is 79.3 Å². The minimum Gasteiger partial charge on any atom is -0.492 e. The number of halogens is 2. The Hall–Kier alpha value is -2.92. The molecule has 0 atom stereocenters. The highest BCUT2D eigenvalue weighted by atomic mass is 35.5. The van der Waals surface area contributed by atoms with Crippen molar-refractivity contribution in [2.45, 2.75) is 6.42 Å². The Kier molecular flexibility index (Phi) is 10.2. The number of ether oxygens (including phenoxy) is 2. The van der Waals surface area contributed by atoms with Crippen LogP contribution in [0, 0.1) is 0 Å². The number of aromatic carboxylic acids is 1. The molecule has 2 saturated heterocycles. The minimum atomic E-state index is -0.974. The monoisotopic (exact) mass is 642 g/mol. The first-order chi connectivity index (χ1) is 20.3. The summed E-state index contributed by atoms with van der Waals surface area (Å²) in [5.74, 6) is -0.441. The molecule has 3 aromatic carbocycles. The second kappa shape index (κ2) is 14.0. The molecule has 7 nitrogen and oxygen atoms in total. The molecule has 0 unspecified atom stereocenters. The fourth-order valence-corrected chi connectivity index (χ4v) is 6.54. The summed E-state index contributed by atoms with van der Waals surface area (Å²) < 4.78 is 12.1. The van der Waals surface area contributed by atoms with E-state index < -0.39 is 5.97 Å². The summed E-state index contributed by atoms with van der Waals surface area (Å²) in [6.07, 6.45) is 2.38. The average Bonchev–Trinajstić information content (AvgIpc) is 3.24. The van der Waals surface area contributed by atoms with Crippen LogP contribution in [0.4, 0.5) is 0 Å². The predicted molar refractivity (Wildman–Crippen MR) is 172 cm³/mol. The second-order valence-electron chi connectivity index (χ2n) is 9.80. The SMILES string of the molecule is O=C(O)c1ccc(CCN2C(=O)/C(=C/c3ccc(OCCN4CCOCC4)c(-c4cc(Cl)cc(Cl)c4)c3)SC2=S)cc1. The molecule has 5 rings (SSSR count). The lowest BCUT2D eigenvalue weighted by atomic mass is 10.0. The van der Waals surface area contributed by atoms with Crippen LogP contribution in [0.25, 0.3) is 17.2 Å². The maximum Gasteiger partial charge on any atom is 0.335 e. The Morgan fingerprint density at radius 1 is 1.02 bits per heavy atom. The average molecular weight is 644 g/mol. The number of carboxylic acids is 1. The summed E-state index contributed by atoms with van der Waals surface area (Å²) >= 11 is 19.4. The van der Waals surface area contributed by atoms with Gasteiger partial charge in [-0.2, -0.15) is 0 Å². The predicted octanol–water partition coefficient (Wildman–Crippen LogP) is 6.51. The summed E-state index contributed by atoms with van der Waals surface area (Å²) in [7, 11) is 0. The van der Waals surface area contributed by atoms with Crippen molar-refractivity contribution in [3.05, 3.63) is 92.3 Å². The Morgan fingerprint density at radius 2 is 1.74 bits per heavy atom. The van der Waals surface area contributed by atoms with Crippen molar-refractivity contribution in [1.82, 2.24) is 9.80 Å². The molecule has 0 radical (unpaired) electrons. The Bertz CT molecular complexity index is 1500. The van der Waals surface area contributed by atoms with E-state index in [1.54, 1.807) is 35.2 Å². The number of nitrogens with zero attached hydrogens (tertiary/aromatic N) is 2. The number of hydrogen-bond acceptors (Lipinski definition) is 7. The summed E-state index contributed by atoms with van der Waals surface area (Å²) in [5.41, 5.74) is 3.58. The zero-order valence-corrected chi connectivity index (χ0v) is 25.7. The number of thiocarbonyl (C=S) groups is 1. The van der Waals surface area contributed by atoms with Crippen LogP contribution >= 0.6 is 47.2 Å². The molecule has 0 spiro atoms. The fourth-order valence-electron chi connectivity index (χ4n) is 4.71. The number of amides is 1. The van der Waals surface area contributed by atoms with Crippen molar-refractivity contribution in [2.75, 3.05) is 46.0 Å². The van der Waals surface area contributed by atoms with Gasteiger partial charge in [0.25, 0.3) is 5.91 Å². The van der Waals surface area contributed by atoms with Gasteiger partial charge in [0, 0.05) is 41.8 Å². The lowest BCUT2D eigenvalue weighted by Crippen LogP contribution is -2.38. The number of carbonyl (C=O) groups is 2. The molecule has 3 aromatic rings. The van der Waals surface area contributed by atoms with Gasteiger partial charge >= 0.3 is 5.97 Å². The van der Waals surface area contributed by atoms with Gasteiger partial charge in [-0.25, -0.2) is 4.79 Å². The molecule has 42 heavy (non-hydrogen) atoms. The highest BCUT2D eigenvalue weighted by molar-refractivity contribution is 8.26. The Balaban J connectivity index is 1.33. The van der Waals surface area contributed by atoms with Crippen LogP contribution in [0.2, 0.25) is 10.0 Å². The van der Waals surface area contributed by atoms with Crippen molar-refractivity contribution in [3.8, 4) is 16.9 Å². The normalized spacial score (nSPS) is 16.8. The minimum absolute atomic E-state index is 0.162. The third-order valence-corrected chi connectivity index (χ3v) is 8.76. The van der Waals surface area contributed by atoms with Gasteiger partial charge in [0.15, 0.2) is 0 Å². The van der Waals surface area contributed by atoms with Gasteiger partial charge in [-0.3, -0.25) is 14.6 Å². The van der Waals surface area contributed by atoms with Gasteiger partial charge in [-0.15, -0.1) is 0 Å². The summed E-state index contributed by atoms with van der Waals surface area (Å²) in [4.78, 5) is 28.8. The summed E-state index contributed by atoms with van der Waals surface area (Å²) in [6, 6.07) is 17.8. The van der Waals surface area contributed by atoms with E-state index in [9.17, 15) is 9.59 Å². The molecule has 2 aliphatic rings. The lowest BCUT2D eigenvalue weighted by molar-refractivity contribution is -0.122. The van der Waals surface area contributed by atoms with Crippen molar-refractivity contribution in [2.24, 2.45) is 0 Å². The largest absolute Gasteiger partial charge is 0.492 e. The Labute approximate surface area is 264 Å². The maximum atomic E-state index is 13.3. The first kappa shape index (κ1) is 30.5. The van der Waals surface area contributed by atoms with Crippen molar-refractivity contribution >= 4 is 69.5 Å². The highest BCUT2D eigenvalue weighted by Crippen LogP contribution is 2.37. The molecule has 2 heterocycles. The van der Waals surface area contributed by atoms with Crippen molar-refractivity contribution in [1.29, 1.82) is 0 Å². The van der Waals surface area contributed by atoms with E-state index in [2.05, 4.69) is 4.90 Å². The van der Waals surface area contributed by atoms with Gasteiger partial charge in [-0.1, -0.05) is 65.4 Å². The van der Waals surface area contributed by atoms with Crippen molar-refractivity contribution in [3.63, 3.8) is 0 Å². The molecule has 0 bridgehead atoms. The molecular weight excluding hydrogens is 615 g/mol. The van der Waals surface area contributed by atoms with Gasteiger partial charge < -0.3 is 14.6 Å². The standard InChI is InChI=1S/C31H28Cl2N2O5S2/c32-24-17-23(18-25(33)19-24)26-15-21(3-6-27(26)40-14-11-34-9-12-39-13-10-34)16-28-29(36)35(31(41)42-28)8-7-20-1-4-22(5-2-20)30(37)38/h1-6,15-19H,7-14H2,(H,37,38)/b28-16-. The number of carboxylic acid groups (broad SMARTS) is 1. The van der Waals surface area contributed by atoms with E-state index in [-0.39, 0.29) is 11.5 Å². The van der Waals surface area contributed by atoms with E-state index in [1.807, 2.05) is 36.4 Å². The number of hydrogen-bond donors (Lipinski definition) is 1. The van der Waals surface area contributed by atoms with Crippen LogP contribution in [0.3, 0.4) is 0 Å². The first-order valence-electron chi connectivity index (χ1n) is 13.4. The molecule has 0 aromatic heterocycles. The number of rotatable bonds is 10. The molecule has 2 aliphatic heterocycles. The smallest absolute Gasteiger partial charge is 0.335 e. The summed E-state index contributed by atoms with van der Waals surface area (Å²) in [5, 5.41) is 10.1. The van der Waals surface area contributed by atoms with Crippen LogP contribution in [0.15, 0.2) is 65.6 Å². The van der Waals surface area contributed by atoms with Crippen molar-refractivity contribution < 1.29 is 24.2 Å². The van der Waals surface area contributed by atoms with Crippen LogP contribution in [0.5, 0.6) is 5.75 Å². The van der Waals surface area contributed by atoms with Crippen LogP contribution in [-0.2, 0) is 16.0 Å². The molecule has 0 aliphatic carbocycles. The maximum absolute atomic E-state index is 13.3. The summed E-state index contributed by atoms with van der Waals surface area (Å²) in [6.45, 7) is 4.92. The quantitative estimate of drug-likeness (QED) is 0.198. The third kappa shape index (κ3) is 7.72. The number of benzene rings is 3. The van der Waals surface area contributed by atoms with E-state index in [0.29, 0.717) is 44.6 Å². The number of morpholine rings is 1. The number of thioether (sulfide) groups is 1. The van der Waals surface area contributed by atoms with E-state index >= 15 is 0 Å².